The fourth-order valence-electron chi connectivity index (χ4n) is 2.04. The van der Waals surface area contributed by atoms with Crippen molar-refractivity contribution < 1.29 is 22.7 Å². The van der Waals surface area contributed by atoms with Gasteiger partial charge in [0.1, 0.15) is 17.4 Å². The number of aromatic nitrogens is 2. The van der Waals surface area contributed by atoms with E-state index in [1.165, 1.54) is 24.3 Å². The van der Waals surface area contributed by atoms with Gasteiger partial charge in [0.05, 0.1) is 5.52 Å². The lowest BCUT2D eigenvalue weighted by Crippen LogP contribution is -2.12. The van der Waals surface area contributed by atoms with Crippen molar-refractivity contribution in [2.45, 2.75) is 6.18 Å². The maximum absolute atomic E-state index is 13.4. The monoisotopic (exact) mass is 323 g/mol. The Bertz CT molecular complexity index is 880. The van der Waals surface area contributed by atoms with E-state index in [1.807, 2.05) is 0 Å². The number of anilines is 2. The molecule has 0 aliphatic heterocycles. The van der Waals surface area contributed by atoms with Gasteiger partial charge in [-0.2, -0.15) is 13.2 Å². The molecule has 1 heterocycles. The van der Waals surface area contributed by atoms with Crippen LogP contribution < -0.4 is 5.32 Å². The molecule has 2 aromatic carbocycles. The summed E-state index contributed by atoms with van der Waals surface area (Å²) in [6.07, 6.45) is -4.74. The number of alkyl halides is 3. The van der Waals surface area contributed by atoms with Crippen LogP contribution in [-0.4, -0.2) is 15.1 Å². The van der Waals surface area contributed by atoms with Crippen LogP contribution in [-0.2, 0) is 6.18 Å². The highest BCUT2D eigenvalue weighted by molar-refractivity contribution is 5.91. The smallest absolute Gasteiger partial charge is 0.451 e. The number of fused-ring (bicyclic) bond motifs is 1. The highest BCUT2D eigenvalue weighted by Crippen LogP contribution is 2.32. The Labute approximate surface area is 127 Å². The molecule has 0 fully saturated rings. The summed E-state index contributed by atoms with van der Waals surface area (Å²) in [6, 6.07) is 8.96. The highest BCUT2D eigenvalue weighted by Gasteiger charge is 2.35. The van der Waals surface area contributed by atoms with Crippen LogP contribution in [0.15, 0.2) is 42.5 Å². The van der Waals surface area contributed by atoms with E-state index in [9.17, 15) is 22.7 Å². The van der Waals surface area contributed by atoms with Crippen LogP contribution in [0.1, 0.15) is 5.82 Å². The summed E-state index contributed by atoms with van der Waals surface area (Å²) in [5.74, 6) is -2.23. The summed E-state index contributed by atoms with van der Waals surface area (Å²) in [7, 11) is 0. The van der Waals surface area contributed by atoms with Crippen LogP contribution in [0.4, 0.5) is 29.1 Å². The van der Waals surface area contributed by atoms with Crippen LogP contribution in [0.3, 0.4) is 0 Å². The summed E-state index contributed by atoms with van der Waals surface area (Å²) in [5.41, 5.74) is 0.263. The minimum Gasteiger partial charge on any atom is -0.508 e. The molecule has 0 atom stereocenters. The number of halogens is 4. The SMILES string of the molecule is Oc1cccc(Nc2nc(C(F)(F)F)nc3ccc(F)cc23)c1. The Balaban J connectivity index is 2.18. The summed E-state index contributed by atoms with van der Waals surface area (Å²) in [6.45, 7) is 0. The molecular weight excluding hydrogens is 314 g/mol. The van der Waals surface area contributed by atoms with Crippen molar-refractivity contribution in [2.75, 3.05) is 5.32 Å². The molecule has 2 N–H and O–H groups in total. The highest BCUT2D eigenvalue weighted by atomic mass is 19.4. The lowest BCUT2D eigenvalue weighted by molar-refractivity contribution is -0.144. The standard InChI is InChI=1S/C15H9F4N3O/c16-8-4-5-12-11(6-8)13(22-14(21-12)15(17,18)19)20-9-2-1-3-10(23)7-9/h1-7,23H,(H,20,21,22). The lowest BCUT2D eigenvalue weighted by Gasteiger charge is -2.12. The zero-order valence-corrected chi connectivity index (χ0v) is 11.4. The average molecular weight is 323 g/mol. The normalized spacial score (nSPS) is 11.7. The van der Waals surface area contributed by atoms with Crippen LogP contribution in [0.2, 0.25) is 0 Å². The van der Waals surface area contributed by atoms with Gasteiger partial charge in [-0.1, -0.05) is 6.07 Å². The molecule has 23 heavy (non-hydrogen) atoms. The van der Waals surface area contributed by atoms with Gasteiger partial charge in [0.15, 0.2) is 0 Å². The Morgan fingerprint density at radius 1 is 1.00 bits per heavy atom. The number of nitrogens with one attached hydrogen (secondary N) is 1. The molecule has 0 bridgehead atoms. The summed E-state index contributed by atoms with van der Waals surface area (Å²) >= 11 is 0. The Morgan fingerprint density at radius 2 is 1.78 bits per heavy atom. The van der Waals surface area contributed by atoms with Crippen molar-refractivity contribution in [1.29, 1.82) is 0 Å². The van der Waals surface area contributed by atoms with Crippen molar-refractivity contribution in [3.8, 4) is 5.75 Å². The van der Waals surface area contributed by atoms with Gasteiger partial charge in [-0.25, -0.2) is 14.4 Å². The minimum absolute atomic E-state index is 0.0450. The molecular formula is C15H9F4N3O. The molecule has 118 valence electrons. The predicted octanol–water partition coefficient (Wildman–Crippen LogP) is 4.24. The van der Waals surface area contributed by atoms with E-state index in [4.69, 9.17) is 0 Å². The van der Waals surface area contributed by atoms with Crippen molar-refractivity contribution in [3.05, 3.63) is 54.1 Å². The van der Waals surface area contributed by atoms with Crippen molar-refractivity contribution >= 4 is 22.4 Å². The number of hydrogen-bond acceptors (Lipinski definition) is 4. The Kier molecular flexibility index (Phi) is 3.51. The first-order chi connectivity index (χ1) is 10.8. The number of aromatic hydroxyl groups is 1. The van der Waals surface area contributed by atoms with Gasteiger partial charge in [0, 0.05) is 17.1 Å². The number of nitrogens with zero attached hydrogens (tertiary/aromatic N) is 2. The maximum Gasteiger partial charge on any atom is 0.451 e. The molecule has 0 saturated carbocycles. The Hall–Kier alpha value is -2.90. The molecule has 0 unspecified atom stereocenters. The zero-order chi connectivity index (χ0) is 16.6. The van der Waals surface area contributed by atoms with E-state index in [2.05, 4.69) is 15.3 Å². The van der Waals surface area contributed by atoms with Gasteiger partial charge >= 0.3 is 6.18 Å². The molecule has 3 rings (SSSR count). The topological polar surface area (TPSA) is 58.0 Å². The van der Waals surface area contributed by atoms with E-state index in [0.717, 1.165) is 18.2 Å². The number of benzene rings is 2. The van der Waals surface area contributed by atoms with E-state index < -0.39 is 17.8 Å². The van der Waals surface area contributed by atoms with Gasteiger partial charge in [0.2, 0.25) is 5.82 Å². The van der Waals surface area contributed by atoms with Gasteiger partial charge in [-0.05, 0) is 30.3 Å². The van der Waals surface area contributed by atoms with Crippen LogP contribution in [0.5, 0.6) is 5.75 Å². The predicted molar refractivity (Wildman–Crippen MR) is 75.9 cm³/mol. The molecule has 0 amide bonds. The quantitative estimate of drug-likeness (QED) is 0.693. The van der Waals surface area contributed by atoms with Gasteiger partial charge < -0.3 is 10.4 Å². The van der Waals surface area contributed by atoms with Crippen molar-refractivity contribution in [3.63, 3.8) is 0 Å². The molecule has 0 radical (unpaired) electrons. The summed E-state index contributed by atoms with van der Waals surface area (Å²) in [5, 5.41) is 12.2. The second kappa shape index (κ2) is 5.38. The van der Waals surface area contributed by atoms with Gasteiger partial charge in [-0.15, -0.1) is 0 Å². The molecule has 0 saturated heterocycles. The van der Waals surface area contributed by atoms with E-state index >= 15 is 0 Å². The third kappa shape index (κ3) is 3.15. The van der Waals surface area contributed by atoms with Crippen LogP contribution in [0, 0.1) is 5.82 Å². The molecule has 4 nitrogen and oxygen atoms in total. The third-order valence-corrected chi connectivity index (χ3v) is 3.02. The molecule has 3 aromatic rings. The van der Waals surface area contributed by atoms with Crippen LogP contribution in [0.25, 0.3) is 10.9 Å². The molecule has 8 heteroatoms. The number of hydrogen-bond donors (Lipinski definition) is 2. The number of phenols is 1. The largest absolute Gasteiger partial charge is 0.508 e. The summed E-state index contributed by atoms with van der Waals surface area (Å²) < 4.78 is 52.1. The van der Waals surface area contributed by atoms with Crippen LogP contribution >= 0.6 is 0 Å². The van der Waals surface area contributed by atoms with E-state index in [1.54, 1.807) is 0 Å². The average Bonchev–Trinajstić information content (AvgIpc) is 2.46. The molecule has 0 aliphatic carbocycles. The van der Waals surface area contributed by atoms with Crippen molar-refractivity contribution in [1.82, 2.24) is 9.97 Å². The second-order valence-electron chi connectivity index (χ2n) is 4.73. The van der Waals surface area contributed by atoms with Gasteiger partial charge in [-0.3, -0.25) is 0 Å². The Morgan fingerprint density at radius 3 is 2.48 bits per heavy atom. The minimum atomic E-state index is -4.74. The first-order valence-corrected chi connectivity index (χ1v) is 6.43. The molecule has 1 aromatic heterocycles. The van der Waals surface area contributed by atoms with Crippen molar-refractivity contribution in [2.24, 2.45) is 0 Å². The van der Waals surface area contributed by atoms with E-state index in [-0.39, 0.29) is 22.5 Å². The number of phenolic OH excluding ortho intramolecular Hbond substituents is 1. The zero-order valence-electron chi connectivity index (χ0n) is 11.4. The van der Waals surface area contributed by atoms with E-state index in [0.29, 0.717) is 5.69 Å². The number of rotatable bonds is 2. The van der Waals surface area contributed by atoms with Gasteiger partial charge in [0.25, 0.3) is 0 Å². The maximum atomic E-state index is 13.4. The fraction of sp³-hybridized carbons (Fsp3) is 0.0667. The third-order valence-electron chi connectivity index (χ3n) is 3.02. The first-order valence-electron chi connectivity index (χ1n) is 6.43. The fourth-order valence-corrected chi connectivity index (χ4v) is 2.04. The summed E-state index contributed by atoms with van der Waals surface area (Å²) in [4.78, 5) is 6.86. The second-order valence-corrected chi connectivity index (χ2v) is 4.73. The molecule has 0 spiro atoms. The molecule has 0 aliphatic rings. The lowest BCUT2D eigenvalue weighted by atomic mass is 10.2. The first kappa shape index (κ1) is 15.0.